The summed E-state index contributed by atoms with van der Waals surface area (Å²) >= 11 is 10.2. The third-order valence-corrected chi connectivity index (χ3v) is 6.96. The molecule has 2 fully saturated rings. The summed E-state index contributed by atoms with van der Waals surface area (Å²) in [5.74, 6) is 0.741. The third kappa shape index (κ3) is 5.95. The Bertz CT molecular complexity index is 1060. The maximum atomic E-state index is 12.3. The van der Waals surface area contributed by atoms with Crippen LogP contribution >= 0.6 is 27.5 Å². The molecule has 10 heteroatoms. The van der Waals surface area contributed by atoms with E-state index in [1.807, 2.05) is 45.9 Å². The maximum absolute atomic E-state index is 12.3. The van der Waals surface area contributed by atoms with Crippen molar-refractivity contribution in [3.05, 3.63) is 45.1 Å². The number of ether oxygens (including phenoxy) is 3. The van der Waals surface area contributed by atoms with E-state index >= 15 is 0 Å². The summed E-state index contributed by atoms with van der Waals surface area (Å²) in [5.41, 5.74) is 9.29. The highest BCUT2D eigenvalue weighted by Crippen LogP contribution is 2.42. The van der Waals surface area contributed by atoms with Crippen LogP contribution in [0.5, 0.6) is 5.75 Å². The van der Waals surface area contributed by atoms with E-state index in [0.717, 1.165) is 34.4 Å². The molecule has 2 saturated heterocycles. The van der Waals surface area contributed by atoms with Gasteiger partial charge in [-0.3, -0.25) is 0 Å². The van der Waals surface area contributed by atoms with E-state index in [0.29, 0.717) is 42.9 Å². The summed E-state index contributed by atoms with van der Waals surface area (Å²) in [5, 5.41) is 0.407. The largest absolute Gasteiger partial charge is 0.482 e. The Morgan fingerprint density at radius 2 is 1.97 bits per heavy atom. The molecule has 2 aliphatic heterocycles. The lowest BCUT2D eigenvalue weighted by Gasteiger charge is -2.40. The van der Waals surface area contributed by atoms with Crippen molar-refractivity contribution in [2.45, 2.75) is 45.3 Å². The Kier molecular flexibility index (Phi) is 7.68. The molecule has 0 saturated carbocycles. The van der Waals surface area contributed by atoms with Crippen LogP contribution in [0.4, 0.5) is 16.2 Å². The molecular weight excluding hydrogens is 536 g/mol. The first-order valence-corrected chi connectivity index (χ1v) is 12.9. The fraction of sp³-hybridized carbons (Fsp3) is 0.520. The minimum atomic E-state index is -0.510. The molecule has 1 amide bonds. The molecule has 2 aliphatic rings. The summed E-state index contributed by atoms with van der Waals surface area (Å²) in [6.45, 7) is 11.6. The molecule has 1 aromatic carbocycles. The second-order valence-electron chi connectivity index (χ2n) is 9.90. The van der Waals surface area contributed by atoms with Gasteiger partial charge in [-0.2, -0.15) is 0 Å². The Labute approximate surface area is 219 Å². The first-order chi connectivity index (χ1) is 16.5. The van der Waals surface area contributed by atoms with Gasteiger partial charge in [0.15, 0.2) is 5.75 Å². The molecule has 2 N–H and O–H groups in total. The average molecular weight is 568 g/mol. The minimum Gasteiger partial charge on any atom is -0.482 e. The highest BCUT2D eigenvalue weighted by Gasteiger charge is 2.35. The number of nitrogens with zero attached hydrogens (tertiary/aromatic N) is 3. The summed E-state index contributed by atoms with van der Waals surface area (Å²) in [7, 11) is 0. The van der Waals surface area contributed by atoms with Gasteiger partial charge in [0.1, 0.15) is 16.9 Å². The van der Waals surface area contributed by atoms with E-state index in [1.165, 1.54) is 0 Å². The normalized spacial score (nSPS) is 17.7. The van der Waals surface area contributed by atoms with E-state index in [-0.39, 0.29) is 18.1 Å². The van der Waals surface area contributed by atoms with Crippen molar-refractivity contribution in [2.24, 2.45) is 0 Å². The number of anilines is 2. The Hall–Kier alpha value is -2.23. The zero-order valence-electron chi connectivity index (χ0n) is 20.5. The van der Waals surface area contributed by atoms with Gasteiger partial charge in [-0.25, -0.2) is 9.78 Å². The predicted molar refractivity (Wildman–Crippen MR) is 140 cm³/mol. The van der Waals surface area contributed by atoms with Crippen LogP contribution in [0.3, 0.4) is 0 Å². The van der Waals surface area contributed by atoms with Gasteiger partial charge < -0.3 is 29.7 Å². The van der Waals surface area contributed by atoms with Crippen LogP contribution in [0.15, 0.2) is 28.9 Å². The smallest absolute Gasteiger partial charge is 0.410 e. The van der Waals surface area contributed by atoms with Gasteiger partial charge in [0.2, 0.25) is 0 Å². The number of aromatic nitrogens is 1. The Morgan fingerprint density at radius 3 is 2.60 bits per heavy atom. The fourth-order valence-electron chi connectivity index (χ4n) is 4.29. The molecule has 0 radical (unpaired) electrons. The standard InChI is InChI=1S/C25H32BrClN4O4/c1-15(21-20(5-6-29-23(21)27)30-7-9-33-10-8-30)34-22-18(26)11-16(12-19(22)28)17-13-31(14-17)24(32)35-25(2,3)4/h5-6,11-12,15,17H,7-10,13-14,28H2,1-4H3. The van der Waals surface area contributed by atoms with Gasteiger partial charge in [0.05, 0.1) is 28.9 Å². The lowest BCUT2D eigenvalue weighted by atomic mass is 9.91. The van der Waals surface area contributed by atoms with Crippen LogP contribution in [-0.4, -0.2) is 61.0 Å². The van der Waals surface area contributed by atoms with Crippen LogP contribution in [0.25, 0.3) is 0 Å². The fourth-order valence-corrected chi connectivity index (χ4v) is 5.19. The van der Waals surface area contributed by atoms with Gasteiger partial charge in [-0.1, -0.05) is 11.6 Å². The van der Waals surface area contributed by atoms with Crippen LogP contribution in [0.1, 0.15) is 50.8 Å². The third-order valence-electron chi connectivity index (χ3n) is 6.07. The summed E-state index contributed by atoms with van der Waals surface area (Å²) in [6.07, 6.45) is 1.03. The quantitative estimate of drug-likeness (QED) is 0.383. The lowest BCUT2D eigenvalue weighted by molar-refractivity contribution is 0.00818. The molecule has 0 aliphatic carbocycles. The Morgan fingerprint density at radius 1 is 1.29 bits per heavy atom. The van der Waals surface area contributed by atoms with Crippen molar-refractivity contribution in [1.82, 2.24) is 9.88 Å². The first-order valence-electron chi connectivity index (χ1n) is 11.7. The number of likely N-dealkylation sites (tertiary alicyclic amines) is 1. The molecule has 35 heavy (non-hydrogen) atoms. The van der Waals surface area contributed by atoms with Crippen molar-refractivity contribution in [3.63, 3.8) is 0 Å². The highest BCUT2D eigenvalue weighted by molar-refractivity contribution is 9.10. The number of hydrogen-bond acceptors (Lipinski definition) is 7. The maximum Gasteiger partial charge on any atom is 0.410 e. The van der Waals surface area contributed by atoms with Gasteiger partial charge in [0, 0.05) is 44.0 Å². The van der Waals surface area contributed by atoms with E-state index in [9.17, 15) is 4.79 Å². The zero-order chi connectivity index (χ0) is 25.3. The average Bonchev–Trinajstić information content (AvgIpc) is 2.74. The van der Waals surface area contributed by atoms with E-state index in [4.69, 9.17) is 31.5 Å². The van der Waals surface area contributed by atoms with Gasteiger partial charge in [-0.05, 0) is 67.4 Å². The second-order valence-corrected chi connectivity index (χ2v) is 11.1. The lowest BCUT2D eigenvalue weighted by Crippen LogP contribution is -2.50. The van der Waals surface area contributed by atoms with Crippen molar-refractivity contribution >= 4 is 45.0 Å². The number of benzene rings is 1. The van der Waals surface area contributed by atoms with E-state index < -0.39 is 5.60 Å². The number of carbonyl (C=O) groups excluding carboxylic acids is 1. The van der Waals surface area contributed by atoms with Crippen molar-refractivity contribution in [1.29, 1.82) is 0 Å². The molecule has 4 rings (SSSR count). The van der Waals surface area contributed by atoms with Crippen LogP contribution in [-0.2, 0) is 9.47 Å². The van der Waals surface area contributed by atoms with E-state index in [1.54, 1.807) is 11.1 Å². The van der Waals surface area contributed by atoms with Gasteiger partial charge in [-0.15, -0.1) is 0 Å². The monoisotopic (exact) mass is 566 g/mol. The number of rotatable bonds is 5. The summed E-state index contributed by atoms with van der Waals surface area (Å²) in [6, 6.07) is 5.88. The predicted octanol–water partition coefficient (Wildman–Crippen LogP) is 5.39. The Balaban J connectivity index is 1.47. The molecule has 190 valence electrons. The number of morpholine rings is 1. The topological polar surface area (TPSA) is 90.2 Å². The minimum absolute atomic E-state index is 0.188. The number of pyridine rings is 1. The van der Waals surface area contributed by atoms with E-state index in [2.05, 4.69) is 25.8 Å². The summed E-state index contributed by atoms with van der Waals surface area (Å²) in [4.78, 5) is 20.5. The molecule has 2 aromatic rings. The molecule has 0 spiro atoms. The van der Waals surface area contributed by atoms with Crippen molar-refractivity contribution in [2.75, 3.05) is 50.0 Å². The van der Waals surface area contributed by atoms with Gasteiger partial charge >= 0.3 is 6.09 Å². The molecule has 1 unspecified atom stereocenters. The molecule has 3 heterocycles. The molecule has 1 aromatic heterocycles. The second kappa shape index (κ2) is 10.4. The van der Waals surface area contributed by atoms with Crippen molar-refractivity contribution < 1.29 is 19.0 Å². The number of hydrogen-bond donors (Lipinski definition) is 1. The van der Waals surface area contributed by atoms with Crippen LogP contribution in [0, 0.1) is 0 Å². The summed E-state index contributed by atoms with van der Waals surface area (Å²) < 4.78 is 18.0. The number of nitrogens with two attached hydrogens (primary N) is 1. The molecule has 8 nitrogen and oxygen atoms in total. The SMILES string of the molecule is CC(Oc1c(N)cc(C2CN(C(=O)OC(C)(C)C)C2)cc1Br)c1c(N2CCOCC2)ccnc1Cl. The van der Waals surface area contributed by atoms with Gasteiger partial charge in [0.25, 0.3) is 0 Å². The number of nitrogen functional groups attached to an aromatic ring is 1. The van der Waals surface area contributed by atoms with Crippen molar-refractivity contribution in [3.8, 4) is 5.75 Å². The zero-order valence-corrected chi connectivity index (χ0v) is 22.9. The molecular formula is C25H32BrClN4O4. The van der Waals surface area contributed by atoms with Crippen LogP contribution in [0.2, 0.25) is 5.15 Å². The number of carbonyl (C=O) groups is 1. The number of amides is 1. The highest BCUT2D eigenvalue weighted by atomic mass is 79.9. The molecule has 0 bridgehead atoms. The molecule has 1 atom stereocenters. The first kappa shape index (κ1) is 25.9. The number of halogens is 2. The van der Waals surface area contributed by atoms with Crippen LogP contribution < -0.4 is 15.4 Å².